The fourth-order valence-electron chi connectivity index (χ4n) is 3.26. The van der Waals surface area contributed by atoms with E-state index in [1.54, 1.807) is 0 Å². The first-order chi connectivity index (χ1) is 9.44. The van der Waals surface area contributed by atoms with E-state index in [9.17, 15) is 4.79 Å². The summed E-state index contributed by atoms with van der Waals surface area (Å²) in [7, 11) is 0. The summed E-state index contributed by atoms with van der Waals surface area (Å²) in [6.45, 7) is 17.5. The van der Waals surface area contributed by atoms with Crippen molar-refractivity contribution in [3.8, 4) is 0 Å². The van der Waals surface area contributed by atoms with E-state index in [-0.39, 0.29) is 11.3 Å². The molecule has 1 fully saturated rings. The molecule has 3 heteroatoms. The van der Waals surface area contributed by atoms with Crippen LogP contribution in [0.1, 0.15) is 53.9 Å². The van der Waals surface area contributed by atoms with E-state index in [4.69, 9.17) is 0 Å². The first-order valence-corrected chi connectivity index (χ1v) is 8.43. The highest BCUT2D eigenvalue weighted by Gasteiger charge is 2.40. The maximum atomic E-state index is 12.3. The third-order valence-corrected chi connectivity index (χ3v) is 4.92. The highest BCUT2D eigenvalue weighted by atomic mass is 16.1. The van der Waals surface area contributed by atoms with Crippen LogP contribution in [-0.4, -0.2) is 54.9 Å². The summed E-state index contributed by atoms with van der Waals surface area (Å²) < 4.78 is 0. The van der Waals surface area contributed by atoms with Gasteiger partial charge in [-0.05, 0) is 52.0 Å². The number of nitrogens with zero attached hydrogens (tertiary/aromatic N) is 2. The fourth-order valence-corrected chi connectivity index (χ4v) is 3.26. The first kappa shape index (κ1) is 17.6. The molecule has 1 unspecified atom stereocenters. The molecule has 118 valence electrons. The van der Waals surface area contributed by atoms with Gasteiger partial charge < -0.3 is 9.80 Å². The highest BCUT2D eigenvalue weighted by Crippen LogP contribution is 2.37. The molecule has 3 nitrogen and oxygen atoms in total. The lowest BCUT2D eigenvalue weighted by Gasteiger charge is -2.26. The number of Topliss-reactive ketones (excluding diaryl/α,β-unsaturated/α-hetero) is 1. The Hall–Kier alpha value is -0.410. The van der Waals surface area contributed by atoms with Crippen LogP contribution in [0.3, 0.4) is 0 Å². The topological polar surface area (TPSA) is 23.6 Å². The molecule has 1 saturated carbocycles. The van der Waals surface area contributed by atoms with Crippen molar-refractivity contribution >= 4 is 5.78 Å². The largest absolute Gasteiger partial charge is 0.304 e. The van der Waals surface area contributed by atoms with Crippen LogP contribution in [0.15, 0.2) is 0 Å². The minimum absolute atomic E-state index is 0.0781. The molecule has 0 aliphatic heterocycles. The maximum Gasteiger partial charge on any atom is 0.142 e. The van der Waals surface area contributed by atoms with E-state index in [0.29, 0.717) is 5.78 Å². The normalized spacial score (nSPS) is 22.1. The summed E-state index contributed by atoms with van der Waals surface area (Å²) in [4.78, 5) is 17.3. The summed E-state index contributed by atoms with van der Waals surface area (Å²) >= 11 is 0. The van der Waals surface area contributed by atoms with Crippen molar-refractivity contribution < 1.29 is 4.79 Å². The molecule has 0 aromatic heterocycles. The van der Waals surface area contributed by atoms with Gasteiger partial charge in [-0.3, -0.25) is 4.79 Å². The average Bonchev–Trinajstić information content (AvgIpc) is 2.69. The zero-order valence-electron chi connectivity index (χ0n) is 14.2. The van der Waals surface area contributed by atoms with E-state index in [0.717, 1.165) is 45.6 Å². The summed E-state index contributed by atoms with van der Waals surface area (Å²) in [5.41, 5.74) is -0.0781. The zero-order chi connectivity index (χ0) is 15.2. The van der Waals surface area contributed by atoms with Crippen LogP contribution in [0.4, 0.5) is 0 Å². The Labute approximate surface area is 125 Å². The monoisotopic (exact) mass is 282 g/mol. The summed E-state index contributed by atoms with van der Waals surface area (Å²) in [5.74, 6) is 0.762. The molecule has 0 heterocycles. The predicted octanol–water partition coefficient (Wildman–Crippen LogP) is 3.05. The number of rotatable bonds is 9. The van der Waals surface area contributed by atoms with Gasteiger partial charge in [-0.15, -0.1) is 0 Å². The van der Waals surface area contributed by atoms with E-state index in [1.165, 1.54) is 13.0 Å². The van der Waals surface area contributed by atoms with Gasteiger partial charge in [0, 0.05) is 17.9 Å². The summed E-state index contributed by atoms with van der Waals surface area (Å²) in [6, 6.07) is 0. The molecule has 1 aliphatic rings. The van der Waals surface area contributed by atoms with Crippen LogP contribution in [-0.2, 0) is 4.79 Å². The number of hydrogen-bond acceptors (Lipinski definition) is 3. The Kier molecular flexibility index (Phi) is 7.18. The molecule has 1 aliphatic carbocycles. The molecular formula is C17H34N2O. The van der Waals surface area contributed by atoms with Gasteiger partial charge in [-0.1, -0.05) is 34.6 Å². The molecule has 0 aromatic rings. The molecule has 0 N–H and O–H groups in total. The summed E-state index contributed by atoms with van der Waals surface area (Å²) in [5, 5.41) is 0. The molecule has 1 atom stereocenters. The second kappa shape index (κ2) is 8.14. The smallest absolute Gasteiger partial charge is 0.142 e. The van der Waals surface area contributed by atoms with Gasteiger partial charge in [0.1, 0.15) is 5.78 Å². The highest BCUT2D eigenvalue weighted by molar-refractivity contribution is 5.88. The number of carbonyl (C=O) groups excluding carboxylic acids is 1. The van der Waals surface area contributed by atoms with Crippen LogP contribution in [0.5, 0.6) is 0 Å². The molecule has 0 bridgehead atoms. The van der Waals surface area contributed by atoms with E-state index < -0.39 is 0 Å². The molecular weight excluding hydrogens is 248 g/mol. The van der Waals surface area contributed by atoms with Crippen molar-refractivity contribution in [3.63, 3.8) is 0 Å². The molecule has 0 saturated heterocycles. The van der Waals surface area contributed by atoms with E-state index in [1.807, 2.05) is 0 Å². The van der Waals surface area contributed by atoms with Gasteiger partial charge >= 0.3 is 0 Å². The lowest BCUT2D eigenvalue weighted by Crippen LogP contribution is -2.35. The Morgan fingerprint density at radius 3 is 2.05 bits per heavy atom. The fraction of sp³-hybridized carbons (Fsp3) is 0.941. The van der Waals surface area contributed by atoms with Crippen molar-refractivity contribution in [1.29, 1.82) is 0 Å². The Morgan fingerprint density at radius 1 is 1.05 bits per heavy atom. The van der Waals surface area contributed by atoms with Gasteiger partial charge in [0.05, 0.1) is 0 Å². The van der Waals surface area contributed by atoms with Crippen LogP contribution in [0, 0.1) is 11.3 Å². The number of ketones is 1. The van der Waals surface area contributed by atoms with E-state index in [2.05, 4.69) is 44.4 Å². The van der Waals surface area contributed by atoms with Crippen molar-refractivity contribution in [1.82, 2.24) is 9.80 Å². The van der Waals surface area contributed by atoms with Gasteiger partial charge in [0.15, 0.2) is 0 Å². The quantitative estimate of drug-likeness (QED) is 0.649. The minimum Gasteiger partial charge on any atom is -0.304 e. The number of carbonyl (C=O) groups is 1. The van der Waals surface area contributed by atoms with Gasteiger partial charge in [0.25, 0.3) is 0 Å². The van der Waals surface area contributed by atoms with Crippen LogP contribution in [0.2, 0.25) is 0 Å². The standard InChI is InChI=1S/C17H34N2O/c1-6-18(7-2)12-9-13-19(8-3)14-15-10-11-17(4,5)16(15)20/h15H,6-14H2,1-5H3. The molecule has 1 rings (SSSR count). The zero-order valence-corrected chi connectivity index (χ0v) is 14.2. The van der Waals surface area contributed by atoms with Crippen molar-refractivity contribution in [2.45, 2.75) is 53.9 Å². The maximum absolute atomic E-state index is 12.3. The van der Waals surface area contributed by atoms with Crippen molar-refractivity contribution in [2.24, 2.45) is 11.3 Å². The second-order valence-corrected chi connectivity index (χ2v) is 6.76. The van der Waals surface area contributed by atoms with Gasteiger partial charge in [-0.25, -0.2) is 0 Å². The second-order valence-electron chi connectivity index (χ2n) is 6.76. The Morgan fingerprint density at radius 2 is 1.60 bits per heavy atom. The minimum atomic E-state index is -0.0781. The van der Waals surface area contributed by atoms with Gasteiger partial charge in [-0.2, -0.15) is 0 Å². The average molecular weight is 282 g/mol. The van der Waals surface area contributed by atoms with Gasteiger partial charge in [0.2, 0.25) is 0 Å². The number of hydrogen-bond donors (Lipinski definition) is 0. The Balaban J connectivity index is 2.35. The third kappa shape index (κ3) is 4.85. The van der Waals surface area contributed by atoms with Crippen LogP contribution >= 0.6 is 0 Å². The molecule has 20 heavy (non-hydrogen) atoms. The molecule has 0 aromatic carbocycles. The van der Waals surface area contributed by atoms with Crippen molar-refractivity contribution in [2.75, 3.05) is 39.3 Å². The molecule has 0 radical (unpaired) electrons. The Bertz CT molecular complexity index is 297. The SMILES string of the molecule is CCN(CC)CCCN(CC)CC1CCC(C)(C)C1=O. The van der Waals surface area contributed by atoms with Crippen LogP contribution < -0.4 is 0 Å². The first-order valence-electron chi connectivity index (χ1n) is 8.43. The van der Waals surface area contributed by atoms with E-state index >= 15 is 0 Å². The molecule has 0 amide bonds. The molecule has 0 spiro atoms. The lowest BCUT2D eigenvalue weighted by atomic mass is 9.89. The summed E-state index contributed by atoms with van der Waals surface area (Å²) in [6.07, 6.45) is 3.35. The predicted molar refractivity (Wildman–Crippen MR) is 86.0 cm³/mol. The lowest BCUT2D eigenvalue weighted by molar-refractivity contribution is -0.127. The van der Waals surface area contributed by atoms with Crippen LogP contribution in [0.25, 0.3) is 0 Å². The van der Waals surface area contributed by atoms with Crippen molar-refractivity contribution in [3.05, 3.63) is 0 Å². The third-order valence-electron chi connectivity index (χ3n) is 4.92.